The van der Waals surface area contributed by atoms with Crippen LogP contribution in [0.4, 0.5) is 5.69 Å². The van der Waals surface area contributed by atoms with Gasteiger partial charge in [0.15, 0.2) is 0 Å². The SMILES string of the molecule is Cc1ccc(N)c(-c2cccc(OC(C)C)c2)c1. The first-order chi connectivity index (χ1) is 8.56. The Morgan fingerprint density at radius 1 is 1.06 bits per heavy atom. The Morgan fingerprint density at radius 3 is 2.56 bits per heavy atom. The van der Waals surface area contributed by atoms with Crippen LogP contribution in [0.5, 0.6) is 5.75 Å². The number of nitrogen functional groups attached to an aromatic ring is 1. The molecule has 0 aliphatic rings. The maximum absolute atomic E-state index is 6.03. The standard InChI is InChI=1S/C16H19NO/c1-11(2)18-14-6-4-5-13(10-14)15-9-12(3)7-8-16(15)17/h4-11H,17H2,1-3H3. The summed E-state index contributed by atoms with van der Waals surface area (Å²) in [6.45, 7) is 6.11. The first-order valence-corrected chi connectivity index (χ1v) is 6.19. The molecule has 0 aliphatic carbocycles. The normalized spacial score (nSPS) is 10.7. The molecule has 0 heterocycles. The summed E-state index contributed by atoms with van der Waals surface area (Å²) < 4.78 is 5.71. The van der Waals surface area contributed by atoms with Gasteiger partial charge in [-0.25, -0.2) is 0 Å². The minimum absolute atomic E-state index is 0.176. The molecular formula is C16H19NO. The van der Waals surface area contributed by atoms with Crippen LogP contribution in [-0.2, 0) is 0 Å². The number of aryl methyl sites for hydroxylation is 1. The molecule has 0 saturated heterocycles. The van der Waals surface area contributed by atoms with Crippen LogP contribution in [0, 0.1) is 6.92 Å². The zero-order valence-corrected chi connectivity index (χ0v) is 11.1. The van der Waals surface area contributed by atoms with Crippen LogP contribution in [0.25, 0.3) is 11.1 Å². The van der Waals surface area contributed by atoms with Crippen molar-refractivity contribution in [3.63, 3.8) is 0 Å². The van der Waals surface area contributed by atoms with Crippen molar-refractivity contribution in [3.05, 3.63) is 48.0 Å². The lowest BCUT2D eigenvalue weighted by molar-refractivity contribution is 0.242. The minimum atomic E-state index is 0.176. The van der Waals surface area contributed by atoms with Gasteiger partial charge in [-0.15, -0.1) is 0 Å². The van der Waals surface area contributed by atoms with E-state index in [1.165, 1.54) is 5.56 Å². The first kappa shape index (κ1) is 12.5. The molecule has 2 aromatic rings. The maximum atomic E-state index is 6.03. The second-order valence-electron chi connectivity index (χ2n) is 4.79. The Balaban J connectivity index is 2.41. The van der Waals surface area contributed by atoms with E-state index in [-0.39, 0.29) is 6.10 Å². The van der Waals surface area contributed by atoms with E-state index >= 15 is 0 Å². The van der Waals surface area contributed by atoms with Crippen molar-refractivity contribution in [2.75, 3.05) is 5.73 Å². The van der Waals surface area contributed by atoms with Gasteiger partial charge >= 0.3 is 0 Å². The summed E-state index contributed by atoms with van der Waals surface area (Å²) in [7, 11) is 0. The highest BCUT2D eigenvalue weighted by atomic mass is 16.5. The van der Waals surface area contributed by atoms with Crippen molar-refractivity contribution in [1.29, 1.82) is 0 Å². The van der Waals surface area contributed by atoms with Gasteiger partial charge in [-0.05, 0) is 50.6 Å². The maximum Gasteiger partial charge on any atom is 0.120 e. The number of nitrogens with two attached hydrogens (primary N) is 1. The second kappa shape index (κ2) is 5.13. The van der Waals surface area contributed by atoms with Crippen LogP contribution < -0.4 is 10.5 Å². The molecule has 94 valence electrons. The predicted octanol–water partition coefficient (Wildman–Crippen LogP) is 4.03. The van der Waals surface area contributed by atoms with E-state index < -0.39 is 0 Å². The van der Waals surface area contributed by atoms with Gasteiger partial charge in [-0.2, -0.15) is 0 Å². The molecule has 0 amide bonds. The monoisotopic (exact) mass is 241 g/mol. The largest absolute Gasteiger partial charge is 0.491 e. The summed E-state index contributed by atoms with van der Waals surface area (Å²) in [5.74, 6) is 0.878. The molecule has 0 aromatic heterocycles. The zero-order chi connectivity index (χ0) is 13.1. The lowest BCUT2D eigenvalue weighted by Crippen LogP contribution is -2.05. The summed E-state index contributed by atoms with van der Waals surface area (Å²) in [6, 6.07) is 14.1. The molecule has 0 saturated carbocycles. The fourth-order valence-electron chi connectivity index (χ4n) is 1.93. The highest BCUT2D eigenvalue weighted by Gasteiger charge is 2.05. The third kappa shape index (κ3) is 2.83. The molecule has 2 rings (SSSR count). The highest BCUT2D eigenvalue weighted by molar-refractivity contribution is 5.77. The second-order valence-corrected chi connectivity index (χ2v) is 4.79. The molecule has 2 nitrogen and oxygen atoms in total. The Kier molecular flexibility index (Phi) is 3.56. The van der Waals surface area contributed by atoms with Gasteiger partial charge in [0.05, 0.1) is 6.10 Å². The van der Waals surface area contributed by atoms with Crippen molar-refractivity contribution in [2.24, 2.45) is 0 Å². The lowest BCUT2D eigenvalue weighted by Gasteiger charge is -2.12. The smallest absolute Gasteiger partial charge is 0.120 e. The van der Waals surface area contributed by atoms with Crippen molar-refractivity contribution in [1.82, 2.24) is 0 Å². The van der Waals surface area contributed by atoms with Crippen LogP contribution >= 0.6 is 0 Å². The molecule has 0 radical (unpaired) electrons. The molecule has 0 bridgehead atoms. The summed E-state index contributed by atoms with van der Waals surface area (Å²) >= 11 is 0. The van der Waals surface area contributed by atoms with Crippen LogP contribution in [-0.4, -0.2) is 6.10 Å². The van der Waals surface area contributed by atoms with Crippen LogP contribution in [0.3, 0.4) is 0 Å². The minimum Gasteiger partial charge on any atom is -0.491 e. The van der Waals surface area contributed by atoms with E-state index in [0.717, 1.165) is 22.6 Å². The van der Waals surface area contributed by atoms with Gasteiger partial charge in [0.2, 0.25) is 0 Å². The van der Waals surface area contributed by atoms with Crippen LogP contribution in [0.2, 0.25) is 0 Å². The van der Waals surface area contributed by atoms with Gasteiger partial charge in [0.1, 0.15) is 5.75 Å². The van der Waals surface area contributed by atoms with Gasteiger partial charge in [0.25, 0.3) is 0 Å². The van der Waals surface area contributed by atoms with Crippen LogP contribution in [0.1, 0.15) is 19.4 Å². The quantitative estimate of drug-likeness (QED) is 0.823. The zero-order valence-electron chi connectivity index (χ0n) is 11.1. The fourth-order valence-corrected chi connectivity index (χ4v) is 1.93. The van der Waals surface area contributed by atoms with Crippen molar-refractivity contribution >= 4 is 5.69 Å². The number of hydrogen-bond acceptors (Lipinski definition) is 2. The predicted molar refractivity (Wildman–Crippen MR) is 76.8 cm³/mol. The number of hydrogen-bond donors (Lipinski definition) is 1. The molecular weight excluding hydrogens is 222 g/mol. The van der Waals surface area contributed by atoms with E-state index in [9.17, 15) is 0 Å². The van der Waals surface area contributed by atoms with Crippen molar-refractivity contribution in [3.8, 4) is 16.9 Å². The highest BCUT2D eigenvalue weighted by Crippen LogP contribution is 2.29. The Labute approximate surface area is 108 Å². The van der Waals surface area contributed by atoms with Gasteiger partial charge in [0, 0.05) is 11.3 Å². The Bertz CT molecular complexity index is 547. The van der Waals surface area contributed by atoms with Crippen LogP contribution in [0.15, 0.2) is 42.5 Å². The molecule has 0 fully saturated rings. The Hall–Kier alpha value is -1.96. The third-order valence-electron chi connectivity index (χ3n) is 2.73. The molecule has 2 N–H and O–H groups in total. The summed E-state index contributed by atoms with van der Waals surface area (Å²) in [5.41, 5.74) is 10.2. The average molecular weight is 241 g/mol. The molecule has 0 atom stereocenters. The number of benzene rings is 2. The third-order valence-corrected chi connectivity index (χ3v) is 2.73. The van der Waals surface area contributed by atoms with E-state index in [2.05, 4.69) is 19.1 Å². The molecule has 0 aliphatic heterocycles. The summed E-state index contributed by atoms with van der Waals surface area (Å²) in [4.78, 5) is 0. The lowest BCUT2D eigenvalue weighted by atomic mass is 10.0. The molecule has 18 heavy (non-hydrogen) atoms. The fraction of sp³-hybridized carbons (Fsp3) is 0.250. The molecule has 2 aromatic carbocycles. The van der Waals surface area contributed by atoms with Gasteiger partial charge < -0.3 is 10.5 Å². The van der Waals surface area contributed by atoms with E-state index in [4.69, 9.17) is 10.5 Å². The average Bonchev–Trinajstić information content (AvgIpc) is 2.32. The van der Waals surface area contributed by atoms with Crippen molar-refractivity contribution < 1.29 is 4.74 Å². The number of ether oxygens (including phenoxy) is 1. The molecule has 0 spiro atoms. The van der Waals surface area contributed by atoms with Crippen molar-refractivity contribution in [2.45, 2.75) is 26.9 Å². The Morgan fingerprint density at radius 2 is 1.83 bits per heavy atom. The van der Waals surface area contributed by atoms with Gasteiger partial charge in [-0.3, -0.25) is 0 Å². The summed E-state index contributed by atoms with van der Waals surface area (Å²) in [6.07, 6.45) is 0.176. The summed E-state index contributed by atoms with van der Waals surface area (Å²) in [5, 5.41) is 0. The first-order valence-electron chi connectivity index (χ1n) is 6.19. The van der Waals surface area contributed by atoms with E-state index in [1.807, 2.05) is 44.2 Å². The van der Waals surface area contributed by atoms with Gasteiger partial charge in [-0.1, -0.05) is 23.8 Å². The number of anilines is 1. The number of rotatable bonds is 3. The molecule has 0 unspecified atom stereocenters. The topological polar surface area (TPSA) is 35.2 Å². The van der Waals surface area contributed by atoms with E-state index in [0.29, 0.717) is 0 Å². The van der Waals surface area contributed by atoms with E-state index in [1.54, 1.807) is 0 Å². The molecule has 2 heteroatoms.